The lowest BCUT2D eigenvalue weighted by atomic mass is 9.98. The van der Waals surface area contributed by atoms with Gasteiger partial charge in [-0.2, -0.15) is 4.31 Å². The number of methoxy groups -OCH3 is 1. The first kappa shape index (κ1) is 18.2. The zero-order valence-electron chi connectivity index (χ0n) is 13.1. The molecule has 0 saturated carbocycles. The van der Waals surface area contributed by atoms with E-state index in [1.165, 1.54) is 23.5 Å². The van der Waals surface area contributed by atoms with Crippen LogP contribution in [-0.2, 0) is 19.6 Å². The molecule has 0 unspecified atom stereocenters. The molecule has 1 aromatic carbocycles. The van der Waals surface area contributed by atoms with E-state index in [2.05, 4.69) is 15.9 Å². The molecule has 0 spiro atoms. The molecule has 0 N–H and O–H groups in total. The number of hydrogen-bond donors (Lipinski definition) is 0. The molecule has 1 fully saturated rings. The van der Waals surface area contributed by atoms with Crippen LogP contribution in [0, 0.1) is 5.92 Å². The number of hydrogen-bond acceptors (Lipinski definition) is 5. The Morgan fingerprint density at radius 3 is 2.52 bits per heavy atom. The maximum Gasteiger partial charge on any atom is 0.309 e. The smallest absolute Gasteiger partial charge is 0.309 e. The molecule has 0 aromatic heterocycles. The molecule has 0 amide bonds. The molecule has 0 radical (unpaired) electrons. The fourth-order valence-corrected chi connectivity index (χ4v) is 4.74. The zero-order chi connectivity index (χ0) is 17.0. The lowest BCUT2D eigenvalue weighted by molar-refractivity contribution is -0.149. The molecule has 1 aliphatic rings. The standard InChI is InChI=1S/C15H20BrNO5S/c1-3-22-15(18)11-6-8-17(9-7-11)23(19,20)12-4-5-14(21-2)13(16)10-12/h4-5,10-11H,3,6-9H2,1-2H3. The van der Waals surface area contributed by atoms with Crippen molar-refractivity contribution in [2.75, 3.05) is 26.8 Å². The van der Waals surface area contributed by atoms with Gasteiger partial charge >= 0.3 is 5.97 Å². The highest BCUT2D eigenvalue weighted by atomic mass is 79.9. The Labute approximate surface area is 144 Å². The second-order valence-corrected chi connectivity index (χ2v) is 8.02. The summed E-state index contributed by atoms with van der Waals surface area (Å²) in [6, 6.07) is 4.67. The number of esters is 1. The van der Waals surface area contributed by atoms with E-state index in [1.807, 2.05) is 0 Å². The molecule has 1 aromatic rings. The summed E-state index contributed by atoms with van der Waals surface area (Å²) in [4.78, 5) is 11.9. The number of halogens is 1. The van der Waals surface area contributed by atoms with Gasteiger partial charge in [-0.1, -0.05) is 0 Å². The summed E-state index contributed by atoms with van der Waals surface area (Å²) in [5, 5.41) is 0. The topological polar surface area (TPSA) is 72.9 Å². The third-order valence-corrected chi connectivity index (χ3v) is 6.35. The lowest BCUT2D eigenvalue weighted by Gasteiger charge is -2.30. The van der Waals surface area contributed by atoms with Gasteiger partial charge in [0, 0.05) is 13.1 Å². The van der Waals surface area contributed by atoms with Gasteiger partial charge in [0.15, 0.2) is 0 Å². The molecule has 0 bridgehead atoms. The second kappa shape index (κ2) is 7.63. The van der Waals surface area contributed by atoms with Gasteiger partial charge in [-0.25, -0.2) is 8.42 Å². The van der Waals surface area contributed by atoms with Crippen molar-refractivity contribution in [3.63, 3.8) is 0 Å². The van der Waals surface area contributed by atoms with Crippen molar-refractivity contribution in [3.8, 4) is 5.75 Å². The first-order valence-corrected chi connectivity index (χ1v) is 9.63. The van der Waals surface area contributed by atoms with Crippen LogP contribution in [0.5, 0.6) is 5.75 Å². The largest absolute Gasteiger partial charge is 0.496 e. The summed E-state index contributed by atoms with van der Waals surface area (Å²) in [6.07, 6.45) is 0.963. The minimum atomic E-state index is -3.58. The van der Waals surface area contributed by atoms with Crippen LogP contribution in [0.1, 0.15) is 19.8 Å². The number of benzene rings is 1. The summed E-state index contributed by atoms with van der Waals surface area (Å²) < 4.78 is 37.5. The predicted octanol–water partition coefficient (Wildman–Crippen LogP) is 2.42. The summed E-state index contributed by atoms with van der Waals surface area (Å²) in [7, 11) is -2.05. The van der Waals surface area contributed by atoms with Crippen molar-refractivity contribution in [3.05, 3.63) is 22.7 Å². The van der Waals surface area contributed by atoms with Gasteiger partial charge < -0.3 is 9.47 Å². The van der Waals surface area contributed by atoms with E-state index in [9.17, 15) is 13.2 Å². The molecular weight excluding hydrogens is 386 g/mol. The Morgan fingerprint density at radius 1 is 1.35 bits per heavy atom. The Bertz CT molecular complexity index is 668. The van der Waals surface area contributed by atoms with E-state index in [-0.39, 0.29) is 16.8 Å². The van der Waals surface area contributed by atoms with E-state index >= 15 is 0 Å². The molecule has 1 aliphatic heterocycles. The predicted molar refractivity (Wildman–Crippen MR) is 88.8 cm³/mol. The van der Waals surface area contributed by atoms with Crippen LogP contribution in [0.3, 0.4) is 0 Å². The zero-order valence-corrected chi connectivity index (χ0v) is 15.5. The molecule has 23 heavy (non-hydrogen) atoms. The number of carbonyl (C=O) groups excluding carboxylic acids is 1. The summed E-state index contributed by atoms with van der Waals surface area (Å²) in [5.74, 6) is 0.116. The first-order valence-electron chi connectivity index (χ1n) is 7.40. The van der Waals surface area contributed by atoms with Crippen LogP contribution in [0.4, 0.5) is 0 Å². The molecule has 8 heteroatoms. The van der Waals surface area contributed by atoms with Crippen molar-refractivity contribution >= 4 is 31.9 Å². The van der Waals surface area contributed by atoms with Crippen molar-refractivity contribution in [1.82, 2.24) is 4.31 Å². The van der Waals surface area contributed by atoms with Gasteiger partial charge in [-0.05, 0) is 53.9 Å². The monoisotopic (exact) mass is 405 g/mol. The fourth-order valence-electron chi connectivity index (χ4n) is 2.55. The second-order valence-electron chi connectivity index (χ2n) is 5.23. The van der Waals surface area contributed by atoms with E-state index in [4.69, 9.17) is 9.47 Å². The molecule has 0 aliphatic carbocycles. The van der Waals surface area contributed by atoms with Crippen LogP contribution in [0.15, 0.2) is 27.6 Å². The Balaban J connectivity index is 2.10. The van der Waals surface area contributed by atoms with Crippen LogP contribution in [0.2, 0.25) is 0 Å². The van der Waals surface area contributed by atoms with Gasteiger partial charge in [0.05, 0.1) is 29.0 Å². The van der Waals surface area contributed by atoms with Crippen LogP contribution < -0.4 is 4.74 Å². The third kappa shape index (κ3) is 4.05. The Hall–Kier alpha value is -1.12. The summed E-state index contributed by atoms with van der Waals surface area (Å²) >= 11 is 3.30. The normalized spacial score (nSPS) is 17.0. The number of ether oxygens (including phenoxy) is 2. The number of carbonyl (C=O) groups is 1. The molecule has 1 heterocycles. The van der Waals surface area contributed by atoms with Gasteiger partial charge in [-0.3, -0.25) is 4.79 Å². The number of sulfonamides is 1. The number of rotatable bonds is 5. The third-order valence-electron chi connectivity index (χ3n) is 3.83. The van der Waals surface area contributed by atoms with Crippen molar-refractivity contribution in [2.24, 2.45) is 5.92 Å². The minimum Gasteiger partial charge on any atom is -0.496 e. The van der Waals surface area contributed by atoms with Crippen LogP contribution in [-0.4, -0.2) is 45.5 Å². The fraction of sp³-hybridized carbons (Fsp3) is 0.533. The Morgan fingerprint density at radius 2 is 2.00 bits per heavy atom. The van der Waals surface area contributed by atoms with E-state index in [1.54, 1.807) is 13.0 Å². The van der Waals surface area contributed by atoms with Gasteiger partial charge in [0.25, 0.3) is 0 Å². The van der Waals surface area contributed by atoms with E-state index < -0.39 is 10.0 Å². The molecule has 6 nitrogen and oxygen atoms in total. The SMILES string of the molecule is CCOC(=O)C1CCN(S(=O)(=O)c2ccc(OC)c(Br)c2)CC1. The molecular formula is C15H20BrNO5S. The van der Waals surface area contributed by atoms with Gasteiger partial charge in [0.2, 0.25) is 10.0 Å². The quantitative estimate of drug-likeness (QED) is 0.703. The van der Waals surface area contributed by atoms with Crippen LogP contribution in [0.25, 0.3) is 0 Å². The molecule has 128 valence electrons. The summed E-state index contributed by atoms with van der Waals surface area (Å²) in [6.45, 7) is 2.74. The highest BCUT2D eigenvalue weighted by Crippen LogP contribution is 2.30. The Kier molecular flexibility index (Phi) is 6.05. The molecule has 0 atom stereocenters. The average Bonchev–Trinajstić information content (AvgIpc) is 2.55. The van der Waals surface area contributed by atoms with E-state index in [0.717, 1.165) is 0 Å². The highest BCUT2D eigenvalue weighted by molar-refractivity contribution is 9.10. The average molecular weight is 406 g/mol. The maximum absolute atomic E-state index is 12.7. The van der Waals surface area contributed by atoms with Gasteiger partial charge in [-0.15, -0.1) is 0 Å². The van der Waals surface area contributed by atoms with Crippen molar-refractivity contribution in [1.29, 1.82) is 0 Å². The van der Waals surface area contributed by atoms with Crippen molar-refractivity contribution in [2.45, 2.75) is 24.7 Å². The number of piperidine rings is 1. The molecule has 2 rings (SSSR count). The van der Waals surface area contributed by atoms with E-state index in [0.29, 0.717) is 42.8 Å². The maximum atomic E-state index is 12.7. The molecule has 1 saturated heterocycles. The lowest BCUT2D eigenvalue weighted by Crippen LogP contribution is -2.40. The first-order chi connectivity index (χ1) is 10.9. The minimum absolute atomic E-state index is 0.208. The van der Waals surface area contributed by atoms with Crippen molar-refractivity contribution < 1.29 is 22.7 Å². The van der Waals surface area contributed by atoms with Gasteiger partial charge in [0.1, 0.15) is 5.75 Å². The number of nitrogens with zero attached hydrogens (tertiary/aromatic N) is 1. The highest BCUT2D eigenvalue weighted by Gasteiger charge is 2.32. The summed E-state index contributed by atoms with van der Waals surface area (Å²) in [5.41, 5.74) is 0. The van der Waals surface area contributed by atoms with Crippen LogP contribution >= 0.6 is 15.9 Å².